The number of nitrogens with one attached hydrogen (secondary N) is 1. The molecule has 134 valence electrons. The van der Waals surface area contributed by atoms with Crippen molar-refractivity contribution in [1.82, 2.24) is 20.2 Å². The van der Waals surface area contributed by atoms with Crippen LogP contribution in [0.15, 0.2) is 47.5 Å². The summed E-state index contributed by atoms with van der Waals surface area (Å²) in [7, 11) is 0. The van der Waals surface area contributed by atoms with Crippen molar-refractivity contribution in [3.05, 3.63) is 43.1 Å². The van der Waals surface area contributed by atoms with Crippen molar-refractivity contribution >= 4 is 11.8 Å². The highest BCUT2D eigenvalue weighted by atomic mass is 16.6. The van der Waals surface area contributed by atoms with Crippen LogP contribution in [0.1, 0.15) is 20.8 Å². The average Bonchev–Trinajstić information content (AvgIpc) is 3.10. The zero-order valence-electron chi connectivity index (χ0n) is 14.5. The highest BCUT2D eigenvalue weighted by Crippen LogP contribution is 2.24. The van der Waals surface area contributed by atoms with Gasteiger partial charge in [-0.05, 0) is 45.0 Å². The van der Waals surface area contributed by atoms with Crippen LogP contribution < -0.4 is 10.1 Å². The van der Waals surface area contributed by atoms with E-state index in [-0.39, 0.29) is 5.89 Å². The summed E-state index contributed by atoms with van der Waals surface area (Å²) in [4.78, 5) is 19.8. The van der Waals surface area contributed by atoms with E-state index in [2.05, 4.69) is 25.5 Å². The van der Waals surface area contributed by atoms with E-state index in [0.29, 0.717) is 23.0 Å². The van der Waals surface area contributed by atoms with Gasteiger partial charge in [0, 0.05) is 11.8 Å². The summed E-state index contributed by atoms with van der Waals surface area (Å²) in [6.45, 7) is 5.40. The number of anilines is 1. The number of carbonyl (C=O) groups is 1. The molecular weight excluding hydrogens is 338 g/mol. The summed E-state index contributed by atoms with van der Waals surface area (Å²) in [5.41, 5.74) is 0.479. The SMILES string of the molecule is CC(C)(C)OC(=O)Nc1ccc(Oc2cc(-c3nnco3)ncn2)cc1. The Labute approximate surface area is 149 Å². The molecule has 0 spiro atoms. The molecule has 0 bridgehead atoms. The highest BCUT2D eigenvalue weighted by molar-refractivity contribution is 5.84. The molecule has 2 heterocycles. The van der Waals surface area contributed by atoms with E-state index < -0.39 is 11.7 Å². The standard InChI is InChI=1S/C17H17N5O4/c1-17(2,3)26-16(23)21-11-4-6-12(7-5-11)25-14-8-13(18-9-19-14)15-22-20-10-24-15/h4-10H,1-3H3,(H,21,23). The zero-order valence-corrected chi connectivity index (χ0v) is 14.5. The second-order valence-electron chi connectivity index (χ2n) is 6.24. The van der Waals surface area contributed by atoms with Gasteiger partial charge in [-0.2, -0.15) is 0 Å². The number of amides is 1. The minimum atomic E-state index is -0.559. The molecule has 0 radical (unpaired) electrons. The van der Waals surface area contributed by atoms with Crippen LogP contribution in [0.3, 0.4) is 0 Å². The predicted molar refractivity (Wildman–Crippen MR) is 91.7 cm³/mol. The third-order valence-electron chi connectivity index (χ3n) is 2.94. The van der Waals surface area contributed by atoms with Crippen LogP contribution in [0.25, 0.3) is 11.6 Å². The lowest BCUT2D eigenvalue weighted by molar-refractivity contribution is 0.0636. The molecule has 0 saturated heterocycles. The fourth-order valence-electron chi connectivity index (χ4n) is 1.95. The number of aromatic nitrogens is 4. The average molecular weight is 355 g/mol. The van der Waals surface area contributed by atoms with Crippen molar-refractivity contribution in [1.29, 1.82) is 0 Å². The molecule has 0 aliphatic rings. The van der Waals surface area contributed by atoms with Crippen LogP contribution in [0.5, 0.6) is 11.6 Å². The molecule has 1 N–H and O–H groups in total. The summed E-state index contributed by atoms with van der Waals surface area (Å²) < 4.78 is 16.0. The Morgan fingerprint density at radius 2 is 1.92 bits per heavy atom. The van der Waals surface area contributed by atoms with Crippen LogP contribution >= 0.6 is 0 Å². The monoisotopic (exact) mass is 355 g/mol. The molecule has 1 aromatic carbocycles. The maximum absolute atomic E-state index is 11.8. The fraction of sp³-hybridized carbons (Fsp3) is 0.235. The van der Waals surface area contributed by atoms with E-state index in [9.17, 15) is 4.79 Å². The Balaban J connectivity index is 1.65. The van der Waals surface area contributed by atoms with Gasteiger partial charge in [0.1, 0.15) is 23.4 Å². The van der Waals surface area contributed by atoms with Crippen molar-refractivity contribution < 1.29 is 18.7 Å². The van der Waals surface area contributed by atoms with Gasteiger partial charge in [-0.25, -0.2) is 14.8 Å². The molecule has 0 aliphatic heterocycles. The molecule has 0 atom stereocenters. The van der Waals surface area contributed by atoms with Gasteiger partial charge in [0.2, 0.25) is 12.3 Å². The van der Waals surface area contributed by atoms with Gasteiger partial charge in [0.25, 0.3) is 5.89 Å². The topological polar surface area (TPSA) is 112 Å². The second kappa shape index (κ2) is 7.18. The number of nitrogens with zero attached hydrogens (tertiary/aromatic N) is 4. The molecule has 0 fully saturated rings. The largest absolute Gasteiger partial charge is 0.444 e. The molecule has 2 aromatic heterocycles. The predicted octanol–water partition coefficient (Wildman–Crippen LogP) is 3.67. The van der Waals surface area contributed by atoms with E-state index in [1.54, 1.807) is 51.1 Å². The minimum absolute atomic E-state index is 0.272. The zero-order chi connectivity index (χ0) is 18.6. The van der Waals surface area contributed by atoms with Crippen molar-refractivity contribution in [2.75, 3.05) is 5.32 Å². The van der Waals surface area contributed by atoms with Gasteiger partial charge >= 0.3 is 6.09 Å². The molecular formula is C17H17N5O4. The molecule has 3 aromatic rings. The lowest BCUT2D eigenvalue weighted by Gasteiger charge is -2.19. The first kappa shape index (κ1) is 17.3. The number of carbonyl (C=O) groups excluding carboxylic acids is 1. The summed E-state index contributed by atoms with van der Waals surface area (Å²) in [5, 5.41) is 10.0. The number of hydrogen-bond acceptors (Lipinski definition) is 8. The lowest BCUT2D eigenvalue weighted by atomic mass is 10.2. The van der Waals surface area contributed by atoms with Gasteiger partial charge < -0.3 is 13.9 Å². The summed E-state index contributed by atoms with van der Waals surface area (Å²) in [6, 6.07) is 8.36. The normalized spacial score (nSPS) is 11.0. The fourth-order valence-corrected chi connectivity index (χ4v) is 1.95. The number of ether oxygens (including phenoxy) is 2. The third kappa shape index (κ3) is 4.76. The van der Waals surface area contributed by atoms with E-state index >= 15 is 0 Å². The first-order valence-electron chi connectivity index (χ1n) is 7.75. The van der Waals surface area contributed by atoms with E-state index in [1.807, 2.05) is 0 Å². The molecule has 0 unspecified atom stereocenters. The van der Waals surface area contributed by atoms with Gasteiger partial charge in [0.15, 0.2) is 0 Å². The van der Waals surface area contributed by atoms with Crippen molar-refractivity contribution in [2.24, 2.45) is 0 Å². The van der Waals surface area contributed by atoms with Crippen molar-refractivity contribution in [3.63, 3.8) is 0 Å². The molecule has 9 heteroatoms. The van der Waals surface area contributed by atoms with Crippen LogP contribution in [0.4, 0.5) is 10.5 Å². The molecule has 9 nitrogen and oxygen atoms in total. The summed E-state index contributed by atoms with van der Waals surface area (Å²) in [6.07, 6.45) is 2.04. The minimum Gasteiger partial charge on any atom is -0.444 e. The molecule has 0 saturated carbocycles. The Hall–Kier alpha value is -3.49. The number of rotatable bonds is 4. The van der Waals surface area contributed by atoms with E-state index in [1.165, 1.54) is 12.7 Å². The highest BCUT2D eigenvalue weighted by Gasteiger charge is 2.16. The smallest absolute Gasteiger partial charge is 0.412 e. The Kier molecular flexibility index (Phi) is 4.78. The van der Waals surface area contributed by atoms with Crippen LogP contribution in [-0.4, -0.2) is 31.9 Å². The van der Waals surface area contributed by atoms with Gasteiger partial charge in [0.05, 0.1) is 0 Å². The number of hydrogen-bond donors (Lipinski definition) is 1. The Bertz CT molecular complexity index is 873. The maximum Gasteiger partial charge on any atom is 0.412 e. The Morgan fingerprint density at radius 3 is 2.58 bits per heavy atom. The molecule has 26 heavy (non-hydrogen) atoms. The molecule has 3 rings (SSSR count). The van der Waals surface area contributed by atoms with Crippen molar-refractivity contribution in [3.8, 4) is 23.2 Å². The molecule has 1 amide bonds. The van der Waals surface area contributed by atoms with E-state index in [0.717, 1.165) is 0 Å². The third-order valence-corrected chi connectivity index (χ3v) is 2.94. The number of benzene rings is 1. The first-order valence-corrected chi connectivity index (χ1v) is 7.75. The summed E-state index contributed by atoms with van der Waals surface area (Å²) >= 11 is 0. The molecule has 0 aliphatic carbocycles. The maximum atomic E-state index is 11.8. The van der Waals surface area contributed by atoms with Gasteiger partial charge in [-0.3, -0.25) is 5.32 Å². The van der Waals surface area contributed by atoms with Crippen LogP contribution in [0, 0.1) is 0 Å². The first-order chi connectivity index (χ1) is 12.4. The van der Waals surface area contributed by atoms with Crippen LogP contribution in [0.2, 0.25) is 0 Å². The van der Waals surface area contributed by atoms with Gasteiger partial charge in [-0.1, -0.05) is 0 Å². The quantitative estimate of drug-likeness (QED) is 0.754. The summed E-state index contributed by atoms with van der Waals surface area (Å²) in [5.74, 6) is 1.13. The second-order valence-corrected chi connectivity index (χ2v) is 6.24. The Morgan fingerprint density at radius 1 is 1.15 bits per heavy atom. The van der Waals surface area contributed by atoms with Crippen LogP contribution in [-0.2, 0) is 4.74 Å². The van der Waals surface area contributed by atoms with Gasteiger partial charge in [-0.15, -0.1) is 10.2 Å². The van der Waals surface area contributed by atoms with E-state index in [4.69, 9.17) is 13.9 Å². The van der Waals surface area contributed by atoms with Crippen molar-refractivity contribution in [2.45, 2.75) is 26.4 Å². The lowest BCUT2D eigenvalue weighted by Crippen LogP contribution is -2.27.